The van der Waals surface area contributed by atoms with Gasteiger partial charge in [0.15, 0.2) is 0 Å². The number of halogens is 2. The SMILES string of the molecule is Cc1ccc(S(=O)(=O)Nc2ccc(C(=O)NCCOc3ccc(F)cc3)cc2Cl)cc1. The molecule has 0 aromatic heterocycles. The Labute approximate surface area is 185 Å². The van der Waals surface area contributed by atoms with E-state index in [1.807, 2.05) is 6.92 Å². The minimum atomic E-state index is -3.81. The van der Waals surface area contributed by atoms with Crippen LogP contribution >= 0.6 is 11.6 Å². The quantitative estimate of drug-likeness (QED) is 0.486. The molecule has 1 amide bonds. The highest BCUT2D eigenvalue weighted by atomic mass is 35.5. The normalized spacial score (nSPS) is 11.1. The molecule has 0 unspecified atom stereocenters. The van der Waals surface area contributed by atoms with Crippen molar-refractivity contribution in [3.8, 4) is 5.75 Å². The van der Waals surface area contributed by atoms with Crippen LogP contribution < -0.4 is 14.8 Å². The third kappa shape index (κ3) is 6.19. The number of carbonyl (C=O) groups excluding carboxylic acids is 1. The first-order chi connectivity index (χ1) is 14.7. The number of hydrogen-bond acceptors (Lipinski definition) is 4. The Bertz CT molecular complexity index is 1170. The molecule has 0 saturated heterocycles. The first-order valence-electron chi connectivity index (χ1n) is 9.30. The van der Waals surface area contributed by atoms with Crippen molar-refractivity contribution in [2.24, 2.45) is 0 Å². The van der Waals surface area contributed by atoms with Crippen LogP contribution in [0.1, 0.15) is 15.9 Å². The van der Waals surface area contributed by atoms with E-state index < -0.39 is 15.9 Å². The summed E-state index contributed by atoms with van der Waals surface area (Å²) in [6.45, 7) is 2.27. The summed E-state index contributed by atoms with van der Waals surface area (Å²) >= 11 is 6.18. The van der Waals surface area contributed by atoms with Crippen molar-refractivity contribution >= 4 is 33.2 Å². The number of rotatable bonds is 8. The van der Waals surface area contributed by atoms with E-state index in [9.17, 15) is 17.6 Å². The molecular formula is C22H20ClFN2O4S. The second kappa shape index (κ2) is 9.80. The third-order valence-electron chi connectivity index (χ3n) is 4.28. The van der Waals surface area contributed by atoms with Crippen molar-refractivity contribution in [3.63, 3.8) is 0 Å². The van der Waals surface area contributed by atoms with Crippen LogP contribution in [0.2, 0.25) is 5.02 Å². The van der Waals surface area contributed by atoms with E-state index in [1.54, 1.807) is 12.1 Å². The maximum atomic E-state index is 12.9. The molecule has 162 valence electrons. The van der Waals surface area contributed by atoms with Crippen LogP contribution in [0.15, 0.2) is 71.6 Å². The van der Waals surface area contributed by atoms with E-state index in [4.69, 9.17) is 16.3 Å². The molecule has 31 heavy (non-hydrogen) atoms. The summed E-state index contributed by atoms with van der Waals surface area (Å²) in [6, 6.07) is 16.2. The summed E-state index contributed by atoms with van der Waals surface area (Å²) in [5, 5.41) is 2.76. The van der Waals surface area contributed by atoms with Crippen LogP contribution in [0.3, 0.4) is 0 Å². The maximum absolute atomic E-state index is 12.9. The van der Waals surface area contributed by atoms with E-state index in [2.05, 4.69) is 10.0 Å². The monoisotopic (exact) mass is 462 g/mol. The van der Waals surface area contributed by atoms with Gasteiger partial charge in [0.2, 0.25) is 0 Å². The number of hydrogen-bond donors (Lipinski definition) is 2. The van der Waals surface area contributed by atoms with Crippen LogP contribution in [0.5, 0.6) is 5.75 Å². The predicted molar refractivity (Wildman–Crippen MR) is 118 cm³/mol. The molecule has 0 aliphatic carbocycles. The molecule has 0 aliphatic heterocycles. The minimum absolute atomic E-state index is 0.0888. The molecule has 3 aromatic carbocycles. The van der Waals surface area contributed by atoms with Crippen molar-refractivity contribution < 1.29 is 22.3 Å². The maximum Gasteiger partial charge on any atom is 0.261 e. The summed E-state index contributed by atoms with van der Waals surface area (Å²) in [4.78, 5) is 12.4. The molecule has 3 rings (SSSR count). The fourth-order valence-electron chi connectivity index (χ4n) is 2.63. The number of benzene rings is 3. The molecule has 0 bridgehead atoms. The van der Waals surface area contributed by atoms with Gasteiger partial charge in [-0.25, -0.2) is 12.8 Å². The number of carbonyl (C=O) groups is 1. The Balaban J connectivity index is 1.57. The molecule has 0 heterocycles. The van der Waals surface area contributed by atoms with E-state index in [0.717, 1.165) is 5.56 Å². The van der Waals surface area contributed by atoms with Crippen LogP contribution in [0.25, 0.3) is 0 Å². The van der Waals surface area contributed by atoms with Gasteiger partial charge in [-0.1, -0.05) is 29.3 Å². The molecule has 0 fully saturated rings. The molecule has 2 N–H and O–H groups in total. The first kappa shape index (κ1) is 22.6. The van der Waals surface area contributed by atoms with Crippen molar-refractivity contribution in [3.05, 3.63) is 88.7 Å². The number of amides is 1. The van der Waals surface area contributed by atoms with Crippen LogP contribution in [0, 0.1) is 12.7 Å². The van der Waals surface area contributed by atoms with Crippen LogP contribution in [0.4, 0.5) is 10.1 Å². The molecular weight excluding hydrogens is 443 g/mol. The summed E-state index contributed by atoms with van der Waals surface area (Å²) in [5.74, 6) is -0.261. The lowest BCUT2D eigenvalue weighted by molar-refractivity contribution is 0.0947. The average molecular weight is 463 g/mol. The zero-order valence-electron chi connectivity index (χ0n) is 16.6. The van der Waals surface area contributed by atoms with Crippen molar-refractivity contribution in [2.45, 2.75) is 11.8 Å². The Hall–Kier alpha value is -3.10. The van der Waals surface area contributed by atoms with E-state index in [1.165, 1.54) is 54.6 Å². The van der Waals surface area contributed by atoms with E-state index in [0.29, 0.717) is 5.75 Å². The topological polar surface area (TPSA) is 84.5 Å². The zero-order chi connectivity index (χ0) is 22.4. The third-order valence-corrected chi connectivity index (χ3v) is 5.97. The smallest absolute Gasteiger partial charge is 0.261 e. The molecule has 3 aromatic rings. The summed E-state index contributed by atoms with van der Waals surface area (Å²) in [5.41, 5.74) is 1.37. The number of sulfonamides is 1. The number of anilines is 1. The van der Waals surface area contributed by atoms with Gasteiger partial charge < -0.3 is 10.1 Å². The van der Waals surface area contributed by atoms with Gasteiger partial charge >= 0.3 is 0 Å². The Morgan fingerprint density at radius 2 is 1.71 bits per heavy atom. The second-order valence-electron chi connectivity index (χ2n) is 6.67. The fourth-order valence-corrected chi connectivity index (χ4v) is 3.99. The highest BCUT2D eigenvalue weighted by Gasteiger charge is 2.16. The van der Waals surface area contributed by atoms with Gasteiger partial charge in [-0.3, -0.25) is 9.52 Å². The molecule has 0 atom stereocenters. The lowest BCUT2D eigenvalue weighted by Gasteiger charge is -2.12. The molecule has 6 nitrogen and oxygen atoms in total. The lowest BCUT2D eigenvalue weighted by atomic mass is 10.2. The molecule has 0 radical (unpaired) electrons. The molecule has 0 saturated carbocycles. The van der Waals surface area contributed by atoms with Gasteiger partial charge in [-0.05, 0) is 61.5 Å². The highest BCUT2D eigenvalue weighted by molar-refractivity contribution is 7.92. The average Bonchev–Trinajstić information content (AvgIpc) is 2.74. The van der Waals surface area contributed by atoms with Gasteiger partial charge in [0.1, 0.15) is 18.2 Å². The van der Waals surface area contributed by atoms with Gasteiger partial charge in [0.05, 0.1) is 22.2 Å². The number of ether oxygens (including phenoxy) is 1. The Morgan fingerprint density at radius 3 is 2.35 bits per heavy atom. The van der Waals surface area contributed by atoms with Crippen molar-refractivity contribution in [1.29, 1.82) is 0 Å². The molecule has 0 aliphatic rings. The van der Waals surface area contributed by atoms with Gasteiger partial charge in [-0.15, -0.1) is 0 Å². The molecule has 0 spiro atoms. The van der Waals surface area contributed by atoms with Crippen molar-refractivity contribution in [1.82, 2.24) is 5.32 Å². The summed E-state index contributed by atoms with van der Waals surface area (Å²) in [7, 11) is -3.81. The number of nitrogens with one attached hydrogen (secondary N) is 2. The standard InChI is InChI=1S/C22H20ClFN2O4S/c1-15-2-9-19(10-3-15)31(28,29)26-21-11-4-16(14-20(21)23)22(27)25-12-13-30-18-7-5-17(24)6-8-18/h2-11,14,26H,12-13H2,1H3,(H,25,27). The molecule has 9 heteroatoms. The zero-order valence-corrected chi connectivity index (χ0v) is 18.1. The highest BCUT2D eigenvalue weighted by Crippen LogP contribution is 2.26. The van der Waals surface area contributed by atoms with Crippen LogP contribution in [-0.2, 0) is 10.0 Å². The predicted octanol–water partition coefficient (Wildman–Crippen LogP) is 4.40. The van der Waals surface area contributed by atoms with Crippen LogP contribution in [-0.4, -0.2) is 27.5 Å². The number of aryl methyl sites for hydroxylation is 1. The fraction of sp³-hybridized carbons (Fsp3) is 0.136. The Kier molecular flexibility index (Phi) is 7.14. The van der Waals surface area contributed by atoms with Gasteiger partial charge in [0.25, 0.3) is 15.9 Å². The van der Waals surface area contributed by atoms with E-state index in [-0.39, 0.29) is 40.1 Å². The first-order valence-corrected chi connectivity index (χ1v) is 11.2. The summed E-state index contributed by atoms with van der Waals surface area (Å²) in [6.07, 6.45) is 0. The van der Waals surface area contributed by atoms with Gasteiger partial charge in [-0.2, -0.15) is 0 Å². The largest absolute Gasteiger partial charge is 0.492 e. The van der Waals surface area contributed by atoms with E-state index >= 15 is 0 Å². The minimum Gasteiger partial charge on any atom is -0.492 e. The van der Waals surface area contributed by atoms with Gasteiger partial charge in [0, 0.05) is 5.56 Å². The Morgan fingerprint density at radius 1 is 1.03 bits per heavy atom. The lowest BCUT2D eigenvalue weighted by Crippen LogP contribution is -2.28. The summed E-state index contributed by atoms with van der Waals surface area (Å²) < 4.78 is 45.7. The second-order valence-corrected chi connectivity index (χ2v) is 8.76. The van der Waals surface area contributed by atoms with Crippen molar-refractivity contribution in [2.75, 3.05) is 17.9 Å².